The molecule has 0 spiro atoms. The van der Waals surface area contributed by atoms with Crippen LogP contribution < -0.4 is 10.6 Å². The summed E-state index contributed by atoms with van der Waals surface area (Å²) in [6, 6.07) is 8.53. The van der Waals surface area contributed by atoms with E-state index in [2.05, 4.69) is 34.9 Å². The van der Waals surface area contributed by atoms with Crippen LogP contribution in [0.5, 0.6) is 0 Å². The lowest BCUT2D eigenvalue weighted by Gasteiger charge is -2.35. The molecule has 2 heterocycles. The average molecular weight is 316 g/mol. The van der Waals surface area contributed by atoms with Crippen LogP contribution >= 0.6 is 0 Å². The second-order valence-corrected chi connectivity index (χ2v) is 6.97. The fourth-order valence-corrected chi connectivity index (χ4v) is 4.09. The number of benzene rings is 1. The van der Waals surface area contributed by atoms with Crippen LogP contribution in [0.4, 0.5) is 5.69 Å². The molecule has 0 aromatic heterocycles. The van der Waals surface area contributed by atoms with Gasteiger partial charge < -0.3 is 15.4 Å². The highest BCUT2D eigenvalue weighted by Gasteiger charge is 2.30. The first-order chi connectivity index (χ1) is 11.3. The van der Waals surface area contributed by atoms with Crippen molar-refractivity contribution in [3.05, 3.63) is 29.8 Å². The SMILES string of the molecule is COC(=O)CC(CC1CCNCC1)C1CNc2ccccc2C1. The monoisotopic (exact) mass is 316 g/mol. The molecule has 126 valence electrons. The van der Waals surface area contributed by atoms with E-state index in [1.54, 1.807) is 0 Å². The van der Waals surface area contributed by atoms with Gasteiger partial charge in [0.15, 0.2) is 0 Å². The summed E-state index contributed by atoms with van der Waals surface area (Å²) in [7, 11) is 1.50. The Hall–Kier alpha value is -1.55. The maximum Gasteiger partial charge on any atom is 0.305 e. The van der Waals surface area contributed by atoms with E-state index in [4.69, 9.17) is 4.74 Å². The van der Waals surface area contributed by atoms with E-state index in [9.17, 15) is 4.79 Å². The first-order valence-corrected chi connectivity index (χ1v) is 8.85. The number of hydrogen-bond donors (Lipinski definition) is 2. The topological polar surface area (TPSA) is 50.4 Å². The number of hydrogen-bond acceptors (Lipinski definition) is 4. The van der Waals surface area contributed by atoms with Crippen molar-refractivity contribution >= 4 is 11.7 Å². The van der Waals surface area contributed by atoms with E-state index < -0.39 is 0 Å². The summed E-state index contributed by atoms with van der Waals surface area (Å²) in [6.45, 7) is 3.19. The molecule has 0 amide bonds. The van der Waals surface area contributed by atoms with Crippen LogP contribution in [0.1, 0.15) is 31.2 Å². The highest BCUT2D eigenvalue weighted by Crippen LogP contribution is 2.35. The van der Waals surface area contributed by atoms with Gasteiger partial charge in [-0.15, -0.1) is 0 Å². The van der Waals surface area contributed by atoms with E-state index >= 15 is 0 Å². The third-order valence-electron chi connectivity index (χ3n) is 5.47. The summed E-state index contributed by atoms with van der Waals surface area (Å²) in [5.41, 5.74) is 2.63. The van der Waals surface area contributed by atoms with E-state index in [-0.39, 0.29) is 5.97 Å². The zero-order valence-electron chi connectivity index (χ0n) is 14.0. The number of fused-ring (bicyclic) bond motifs is 1. The zero-order valence-corrected chi connectivity index (χ0v) is 14.0. The first kappa shape index (κ1) is 16.3. The molecule has 1 aromatic carbocycles. The van der Waals surface area contributed by atoms with Crippen molar-refractivity contribution in [1.82, 2.24) is 5.32 Å². The highest BCUT2D eigenvalue weighted by molar-refractivity contribution is 5.69. The summed E-state index contributed by atoms with van der Waals surface area (Å²) in [5.74, 6) is 1.59. The third-order valence-corrected chi connectivity index (χ3v) is 5.47. The number of carbonyl (C=O) groups excluding carboxylic acids is 1. The fraction of sp³-hybridized carbons (Fsp3) is 0.632. The van der Waals surface area contributed by atoms with Crippen LogP contribution in [0, 0.1) is 17.8 Å². The fourth-order valence-electron chi connectivity index (χ4n) is 4.09. The summed E-state index contributed by atoms with van der Waals surface area (Å²) in [6.07, 6.45) is 5.22. The van der Waals surface area contributed by atoms with Crippen molar-refractivity contribution in [1.29, 1.82) is 0 Å². The number of piperidine rings is 1. The van der Waals surface area contributed by atoms with E-state index in [0.29, 0.717) is 18.3 Å². The predicted molar refractivity (Wildman–Crippen MR) is 92.5 cm³/mol. The van der Waals surface area contributed by atoms with E-state index in [1.807, 2.05) is 0 Å². The van der Waals surface area contributed by atoms with Crippen LogP contribution in [0.2, 0.25) is 0 Å². The molecule has 0 aliphatic carbocycles. The number of esters is 1. The molecular weight excluding hydrogens is 288 g/mol. The first-order valence-electron chi connectivity index (χ1n) is 8.85. The lowest BCUT2D eigenvalue weighted by atomic mass is 9.76. The molecule has 2 N–H and O–H groups in total. The maximum atomic E-state index is 11.9. The molecule has 4 heteroatoms. The molecule has 4 nitrogen and oxygen atoms in total. The second kappa shape index (κ2) is 7.82. The average Bonchev–Trinajstić information content (AvgIpc) is 2.61. The molecule has 1 aromatic rings. The predicted octanol–water partition coefficient (Wildman–Crippen LogP) is 2.84. The highest BCUT2D eigenvalue weighted by atomic mass is 16.5. The van der Waals surface area contributed by atoms with Gasteiger partial charge in [-0.3, -0.25) is 4.79 Å². The molecule has 2 atom stereocenters. The Kier molecular flexibility index (Phi) is 5.55. The lowest BCUT2D eigenvalue weighted by molar-refractivity contribution is -0.142. The number of para-hydroxylation sites is 1. The third kappa shape index (κ3) is 4.25. The minimum atomic E-state index is -0.0669. The van der Waals surface area contributed by atoms with Gasteiger partial charge in [0, 0.05) is 18.7 Å². The normalized spacial score (nSPS) is 22.7. The molecule has 2 aliphatic heterocycles. The van der Waals surface area contributed by atoms with Gasteiger partial charge in [-0.25, -0.2) is 0 Å². The number of nitrogens with one attached hydrogen (secondary N) is 2. The van der Waals surface area contributed by atoms with Crippen molar-refractivity contribution in [3.63, 3.8) is 0 Å². The quantitative estimate of drug-likeness (QED) is 0.820. The Labute approximate surface area is 139 Å². The van der Waals surface area contributed by atoms with Gasteiger partial charge in [0.25, 0.3) is 0 Å². The van der Waals surface area contributed by atoms with Crippen molar-refractivity contribution in [3.8, 4) is 0 Å². The smallest absolute Gasteiger partial charge is 0.305 e. The Morgan fingerprint density at radius 1 is 1.30 bits per heavy atom. The number of rotatable bonds is 5. The molecule has 0 saturated carbocycles. The van der Waals surface area contributed by atoms with Crippen LogP contribution in [0.3, 0.4) is 0 Å². The van der Waals surface area contributed by atoms with Crippen molar-refractivity contribution in [2.45, 2.75) is 32.1 Å². The number of methoxy groups -OCH3 is 1. The second-order valence-electron chi connectivity index (χ2n) is 6.97. The summed E-state index contributed by atoms with van der Waals surface area (Å²) in [5, 5.41) is 6.99. The van der Waals surface area contributed by atoms with Gasteiger partial charge in [0.2, 0.25) is 0 Å². The number of ether oxygens (including phenoxy) is 1. The van der Waals surface area contributed by atoms with Gasteiger partial charge in [-0.05, 0) is 68.2 Å². The molecule has 1 fully saturated rings. The van der Waals surface area contributed by atoms with Crippen LogP contribution in [0.15, 0.2) is 24.3 Å². The van der Waals surface area contributed by atoms with Gasteiger partial charge in [0.1, 0.15) is 0 Å². The van der Waals surface area contributed by atoms with Crippen molar-refractivity contribution in [2.75, 3.05) is 32.1 Å². The molecular formula is C19H28N2O2. The zero-order chi connectivity index (χ0) is 16.1. The van der Waals surface area contributed by atoms with E-state index in [1.165, 1.54) is 31.2 Å². The van der Waals surface area contributed by atoms with Gasteiger partial charge in [0.05, 0.1) is 7.11 Å². The van der Waals surface area contributed by atoms with Crippen molar-refractivity contribution in [2.24, 2.45) is 17.8 Å². The standard InChI is InChI=1S/C19H28N2O2/c1-23-19(22)12-16(10-14-6-8-20-9-7-14)17-11-15-4-2-3-5-18(15)21-13-17/h2-5,14,16-17,20-21H,6-13H2,1H3. The largest absolute Gasteiger partial charge is 0.469 e. The minimum Gasteiger partial charge on any atom is -0.469 e. The van der Waals surface area contributed by atoms with Crippen molar-refractivity contribution < 1.29 is 9.53 Å². The number of anilines is 1. The van der Waals surface area contributed by atoms with Crippen LogP contribution in [-0.4, -0.2) is 32.7 Å². The van der Waals surface area contributed by atoms with Crippen LogP contribution in [0.25, 0.3) is 0 Å². The van der Waals surface area contributed by atoms with Gasteiger partial charge >= 0.3 is 5.97 Å². The summed E-state index contributed by atoms with van der Waals surface area (Å²) >= 11 is 0. The molecule has 2 unspecified atom stereocenters. The molecule has 0 radical (unpaired) electrons. The summed E-state index contributed by atoms with van der Waals surface area (Å²) in [4.78, 5) is 11.9. The summed E-state index contributed by atoms with van der Waals surface area (Å²) < 4.78 is 4.96. The number of carbonyl (C=O) groups is 1. The van der Waals surface area contributed by atoms with Crippen LogP contribution in [-0.2, 0) is 16.0 Å². The minimum absolute atomic E-state index is 0.0669. The molecule has 3 rings (SSSR count). The maximum absolute atomic E-state index is 11.9. The van der Waals surface area contributed by atoms with Gasteiger partial charge in [-0.1, -0.05) is 18.2 Å². The van der Waals surface area contributed by atoms with Gasteiger partial charge in [-0.2, -0.15) is 0 Å². The molecule has 2 aliphatic rings. The Morgan fingerprint density at radius 3 is 2.87 bits per heavy atom. The lowest BCUT2D eigenvalue weighted by Crippen LogP contribution is -2.34. The molecule has 1 saturated heterocycles. The molecule has 0 bridgehead atoms. The Bertz CT molecular complexity index is 526. The molecule has 23 heavy (non-hydrogen) atoms. The van der Waals surface area contributed by atoms with E-state index in [0.717, 1.165) is 38.4 Å². The Morgan fingerprint density at radius 2 is 2.09 bits per heavy atom. The Balaban J connectivity index is 1.68.